The smallest absolute Gasteiger partial charge is 0.279 e. The van der Waals surface area contributed by atoms with Crippen LogP contribution in [0.3, 0.4) is 0 Å². The van der Waals surface area contributed by atoms with Crippen LogP contribution in [0.1, 0.15) is 32.1 Å². The van der Waals surface area contributed by atoms with E-state index in [0.29, 0.717) is 17.3 Å². The molecule has 3 atom stereocenters. The molecule has 1 aromatic carbocycles. The Hall–Kier alpha value is -1.92. The van der Waals surface area contributed by atoms with E-state index in [4.69, 9.17) is 11.6 Å². The van der Waals surface area contributed by atoms with Gasteiger partial charge in [0.2, 0.25) is 0 Å². The maximum absolute atomic E-state index is 12.7. The Kier molecular flexibility index (Phi) is 5.22. The number of amides is 1. The molecule has 1 aliphatic carbocycles. The zero-order valence-corrected chi connectivity index (χ0v) is 15.6. The molecular weight excluding hydrogens is 350 g/mol. The summed E-state index contributed by atoms with van der Waals surface area (Å²) >= 11 is 6.13. The van der Waals surface area contributed by atoms with Crippen molar-refractivity contribution in [1.29, 1.82) is 0 Å². The number of carbonyl (C=O) groups is 1. The number of hydrogen-bond donors (Lipinski definition) is 2. The van der Waals surface area contributed by atoms with E-state index >= 15 is 0 Å². The summed E-state index contributed by atoms with van der Waals surface area (Å²) < 4.78 is 1.63. The number of piperidine rings is 1. The van der Waals surface area contributed by atoms with Gasteiger partial charge in [-0.1, -0.05) is 24.4 Å². The van der Waals surface area contributed by atoms with Gasteiger partial charge in [0.1, 0.15) is 12.7 Å². The van der Waals surface area contributed by atoms with Crippen molar-refractivity contribution in [2.75, 3.05) is 25.0 Å². The molecule has 2 heterocycles. The second kappa shape index (κ2) is 7.76. The third kappa shape index (κ3) is 3.91. The number of anilines is 1. The van der Waals surface area contributed by atoms with E-state index in [9.17, 15) is 4.79 Å². The molecule has 1 saturated heterocycles. The quantitative estimate of drug-likeness (QED) is 0.859. The molecule has 0 radical (unpaired) electrons. The second-order valence-corrected chi connectivity index (χ2v) is 7.96. The summed E-state index contributed by atoms with van der Waals surface area (Å²) in [5.74, 6) is 1.72. The number of hydrogen-bond acceptors (Lipinski definition) is 3. The van der Waals surface area contributed by atoms with Gasteiger partial charge in [-0.2, -0.15) is 5.10 Å². The van der Waals surface area contributed by atoms with Crippen molar-refractivity contribution in [2.24, 2.45) is 11.8 Å². The van der Waals surface area contributed by atoms with Crippen LogP contribution in [0.4, 0.5) is 5.69 Å². The van der Waals surface area contributed by atoms with Gasteiger partial charge >= 0.3 is 0 Å². The van der Waals surface area contributed by atoms with Gasteiger partial charge in [-0.3, -0.25) is 4.79 Å². The predicted molar refractivity (Wildman–Crippen MR) is 101 cm³/mol. The first-order valence-corrected chi connectivity index (χ1v) is 9.85. The van der Waals surface area contributed by atoms with Gasteiger partial charge in [-0.15, -0.1) is 0 Å². The molecule has 1 aliphatic heterocycles. The van der Waals surface area contributed by atoms with E-state index in [1.165, 1.54) is 43.3 Å². The number of nitrogens with one attached hydrogen (secondary N) is 2. The maximum atomic E-state index is 12.7. The molecule has 4 rings (SSSR count). The van der Waals surface area contributed by atoms with Crippen LogP contribution in [-0.4, -0.2) is 40.3 Å². The molecule has 138 valence electrons. The average molecular weight is 375 g/mol. The average Bonchev–Trinajstić information content (AvgIpc) is 3.16. The molecule has 0 spiro atoms. The Labute approximate surface area is 158 Å². The van der Waals surface area contributed by atoms with Crippen molar-refractivity contribution in [3.8, 4) is 5.69 Å². The number of aromatic nitrogens is 3. The molecule has 1 amide bonds. The fraction of sp³-hybridized carbons (Fsp3) is 0.526. The van der Waals surface area contributed by atoms with Crippen LogP contribution < -0.4 is 10.2 Å². The van der Waals surface area contributed by atoms with Gasteiger partial charge < -0.3 is 10.2 Å². The highest BCUT2D eigenvalue weighted by Crippen LogP contribution is 2.32. The normalized spacial score (nSPS) is 25.5. The third-order valence-electron chi connectivity index (χ3n) is 5.79. The van der Waals surface area contributed by atoms with Crippen molar-refractivity contribution in [2.45, 2.75) is 32.1 Å². The predicted octanol–water partition coefficient (Wildman–Crippen LogP) is 1.95. The lowest BCUT2D eigenvalue weighted by molar-refractivity contribution is -0.902. The lowest BCUT2D eigenvalue weighted by Crippen LogP contribution is -3.15. The lowest BCUT2D eigenvalue weighted by Gasteiger charge is -2.38. The van der Waals surface area contributed by atoms with Crippen molar-refractivity contribution in [3.05, 3.63) is 35.9 Å². The van der Waals surface area contributed by atoms with Crippen LogP contribution in [0.5, 0.6) is 0 Å². The maximum Gasteiger partial charge on any atom is 0.279 e. The Bertz CT molecular complexity index is 763. The molecule has 6 nitrogen and oxygen atoms in total. The van der Waals surface area contributed by atoms with Gasteiger partial charge in [0.05, 0.1) is 24.5 Å². The topological polar surface area (TPSA) is 64.2 Å². The summed E-state index contributed by atoms with van der Waals surface area (Å²) in [6.45, 7) is 2.73. The van der Waals surface area contributed by atoms with Crippen LogP contribution in [0.25, 0.3) is 5.69 Å². The molecule has 2 fully saturated rings. The molecule has 0 bridgehead atoms. The molecule has 26 heavy (non-hydrogen) atoms. The fourth-order valence-corrected chi connectivity index (χ4v) is 4.69. The van der Waals surface area contributed by atoms with E-state index in [1.54, 1.807) is 23.1 Å². The number of halogens is 1. The summed E-state index contributed by atoms with van der Waals surface area (Å²) in [5, 5.41) is 7.76. The second-order valence-electron chi connectivity index (χ2n) is 7.52. The van der Waals surface area contributed by atoms with Crippen LogP contribution in [0.2, 0.25) is 5.02 Å². The number of fused-ring (bicyclic) bond motifs is 1. The first-order valence-electron chi connectivity index (χ1n) is 9.47. The number of quaternary nitrogens is 1. The summed E-state index contributed by atoms with van der Waals surface area (Å²) in [7, 11) is 0. The van der Waals surface area contributed by atoms with Gasteiger partial charge in [0.25, 0.3) is 5.91 Å². The van der Waals surface area contributed by atoms with E-state index in [-0.39, 0.29) is 5.91 Å². The Morgan fingerprint density at radius 2 is 2.12 bits per heavy atom. The van der Waals surface area contributed by atoms with Crippen molar-refractivity contribution >= 4 is 23.2 Å². The molecule has 1 unspecified atom stereocenters. The molecule has 2 aromatic rings. The van der Waals surface area contributed by atoms with E-state index in [2.05, 4.69) is 15.4 Å². The number of rotatable bonds is 4. The molecule has 2 aliphatic rings. The Balaban J connectivity index is 1.41. The Morgan fingerprint density at radius 1 is 1.27 bits per heavy atom. The first kappa shape index (κ1) is 17.5. The van der Waals surface area contributed by atoms with Crippen LogP contribution in [0.15, 0.2) is 30.9 Å². The zero-order chi connectivity index (χ0) is 17.9. The van der Waals surface area contributed by atoms with E-state index in [0.717, 1.165) is 30.6 Å². The van der Waals surface area contributed by atoms with Crippen LogP contribution in [-0.2, 0) is 4.79 Å². The number of likely N-dealkylation sites (tertiary alicyclic amines) is 1. The number of nitrogens with zero attached hydrogens (tertiary/aromatic N) is 3. The van der Waals surface area contributed by atoms with Gasteiger partial charge in [-0.05, 0) is 43.4 Å². The number of benzene rings is 1. The minimum absolute atomic E-state index is 0.0258. The molecular formula is C19H25ClN5O+. The standard InChI is InChI=1S/C19H24ClN5O/c20-16-5-6-18(25-13-21-12-22-25)17(9-16)23-19(26)11-24-8-7-14-3-1-2-4-15(14)10-24/h5-6,9,12-15H,1-4,7-8,10-11H2,(H,23,26)/p+1/t14-,15-/m1/s1. The highest BCUT2D eigenvalue weighted by Gasteiger charge is 2.34. The van der Waals surface area contributed by atoms with E-state index in [1.807, 2.05) is 6.07 Å². The lowest BCUT2D eigenvalue weighted by atomic mass is 9.75. The monoisotopic (exact) mass is 374 g/mol. The van der Waals surface area contributed by atoms with Crippen molar-refractivity contribution in [1.82, 2.24) is 14.8 Å². The van der Waals surface area contributed by atoms with Crippen molar-refractivity contribution < 1.29 is 9.69 Å². The first-order chi connectivity index (χ1) is 12.7. The van der Waals surface area contributed by atoms with Gasteiger partial charge in [0, 0.05) is 10.9 Å². The summed E-state index contributed by atoms with van der Waals surface area (Å²) in [4.78, 5) is 18.0. The summed E-state index contributed by atoms with van der Waals surface area (Å²) in [6, 6.07) is 5.39. The molecule has 7 heteroatoms. The largest absolute Gasteiger partial charge is 0.327 e. The Morgan fingerprint density at radius 3 is 2.92 bits per heavy atom. The summed E-state index contributed by atoms with van der Waals surface area (Å²) in [5.41, 5.74) is 1.43. The van der Waals surface area contributed by atoms with Gasteiger partial charge in [-0.25, -0.2) is 9.67 Å². The highest BCUT2D eigenvalue weighted by atomic mass is 35.5. The minimum atomic E-state index is 0.0258. The number of carbonyl (C=O) groups excluding carboxylic acids is 1. The zero-order valence-electron chi connectivity index (χ0n) is 14.8. The third-order valence-corrected chi connectivity index (χ3v) is 6.03. The molecule has 1 saturated carbocycles. The molecule has 1 aromatic heterocycles. The SMILES string of the molecule is O=C(C[NH+]1CC[C@H]2CCCC[C@@H]2C1)Nc1cc(Cl)ccc1-n1cncn1. The summed E-state index contributed by atoms with van der Waals surface area (Å²) in [6.07, 6.45) is 9.79. The van der Waals surface area contributed by atoms with Crippen LogP contribution >= 0.6 is 11.6 Å². The van der Waals surface area contributed by atoms with Crippen molar-refractivity contribution in [3.63, 3.8) is 0 Å². The highest BCUT2D eigenvalue weighted by molar-refractivity contribution is 6.31. The molecule has 2 N–H and O–H groups in total. The van der Waals surface area contributed by atoms with Crippen LogP contribution in [0, 0.1) is 11.8 Å². The fourth-order valence-electron chi connectivity index (χ4n) is 4.52. The van der Waals surface area contributed by atoms with E-state index < -0.39 is 0 Å². The van der Waals surface area contributed by atoms with Gasteiger partial charge in [0.15, 0.2) is 6.54 Å². The minimum Gasteiger partial charge on any atom is -0.327 e.